The number of halogens is 1. The fourth-order valence-electron chi connectivity index (χ4n) is 3.39. The largest absolute Gasteiger partial charge is 0.466 e. The molecule has 2 aromatic carbocycles. The summed E-state index contributed by atoms with van der Waals surface area (Å²) < 4.78 is 8.08. The maximum Gasteiger partial charge on any atom is 0.338 e. The zero-order valence-corrected chi connectivity index (χ0v) is 18.2. The van der Waals surface area contributed by atoms with E-state index in [1.807, 2.05) is 60.7 Å². The summed E-state index contributed by atoms with van der Waals surface area (Å²) >= 11 is 4.77. The molecule has 0 fully saturated rings. The molecular weight excluding hydrogens is 452 g/mol. The molecule has 4 rings (SSSR count). The number of allylic oxidation sites excluding steroid dienone is 1. The summed E-state index contributed by atoms with van der Waals surface area (Å²) in [5.41, 5.74) is 2.49. The summed E-state index contributed by atoms with van der Waals surface area (Å²) in [5, 5.41) is 0. The van der Waals surface area contributed by atoms with Crippen LogP contribution in [-0.4, -0.2) is 17.6 Å². The Morgan fingerprint density at radius 2 is 1.97 bits per heavy atom. The molecule has 1 aromatic heterocycles. The number of fused-ring (bicyclic) bond motifs is 1. The van der Waals surface area contributed by atoms with Crippen molar-refractivity contribution in [2.75, 3.05) is 7.11 Å². The first-order valence-corrected chi connectivity index (χ1v) is 10.5. The van der Waals surface area contributed by atoms with Gasteiger partial charge >= 0.3 is 5.97 Å². The van der Waals surface area contributed by atoms with Gasteiger partial charge in [-0.15, -0.1) is 0 Å². The van der Waals surface area contributed by atoms with Gasteiger partial charge in [0.2, 0.25) is 0 Å². The Balaban J connectivity index is 1.98. The van der Waals surface area contributed by atoms with Crippen molar-refractivity contribution in [3.63, 3.8) is 0 Å². The van der Waals surface area contributed by atoms with Crippen molar-refractivity contribution in [2.24, 2.45) is 4.99 Å². The lowest BCUT2D eigenvalue weighted by Crippen LogP contribution is -2.39. The van der Waals surface area contributed by atoms with Crippen LogP contribution in [0.25, 0.3) is 6.08 Å². The molecule has 0 saturated heterocycles. The summed E-state index contributed by atoms with van der Waals surface area (Å²) in [6.07, 6.45) is 1.84. The minimum absolute atomic E-state index is 0.184. The average Bonchev–Trinajstić information content (AvgIpc) is 3.02. The predicted molar refractivity (Wildman–Crippen MR) is 116 cm³/mol. The lowest BCUT2D eigenvalue weighted by Gasteiger charge is -2.24. The molecule has 2 heterocycles. The minimum atomic E-state index is -0.579. The van der Waals surface area contributed by atoms with Crippen LogP contribution in [0.4, 0.5) is 0 Å². The highest BCUT2D eigenvalue weighted by Gasteiger charge is 2.32. The molecule has 1 atom stereocenters. The first-order valence-electron chi connectivity index (χ1n) is 8.91. The first-order chi connectivity index (χ1) is 14.0. The molecule has 0 aliphatic carbocycles. The zero-order valence-electron chi connectivity index (χ0n) is 15.8. The number of carbonyl (C=O) groups excluding carboxylic acids is 1. The van der Waals surface area contributed by atoms with Crippen LogP contribution in [-0.2, 0) is 9.53 Å². The van der Waals surface area contributed by atoms with E-state index >= 15 is 0 Å². The van der Waals surface area contributed by atoms with E-state index in [0.717, 1.165) is 15.6 Å². The molecule has 0 bridgehead atoms. The maximum absolute atomic E-state index is 13.3. The Hall–Kier alpha value is -2.77. The molecule has 0 N–H and O–H groups in total. The van der Waals surface area contributed by atoms with Crippen LogP contribution in [0, 0.1) is 0 Å². The van der Waals surface area contributed by atoms with Crippen molar-refractivity contribution >= 4 is 39.3 Å². The summed E-state index contributed by atoms with van der Waals surface area (Å²) in [5.74, 6) is -0.485. The number of esters is 1. The van der Waals surface area contributed by atoms with Crippen LogP contribution >= 0.6 is 27.3 Å². The van der Waals surface area contributed by atoms with E-state index in [1.165, 1.54) is 18.4 Å². The lowest BCUT2D eigenvalue weighted by molar-refractivity contribution is -0.136. The van der Waals surface area contributed by atoms with Crippen LogP contribution in [0.3, 0.4) is 0 Å². The number of thiazole rings is 1. The molecule has 3 aromatic rings. The topological polar surface area (TPSA) is 60.7 Å². The van der Waals surface area contributed by atoms with Gasteiger partial charge in [-0.1, -0.05) is 69.7 Å². The quantitative estimate of drug-likeness (QED) is 0.554. The standard InChI is InChI=1S/C22H17BrN2O3S/c1-13-18(21(27)28-2)19(15-8-4-3-5-9-15)25-20(26)17(29-22(25)24-13)12-14-7-6-10-16(23)11-14/h3-12,19H,1-2H3/t19-/m1/s1. The van der Waals surface area contributed by atoms with E-state index in [4.69, 9.17) is 4.74 Å². The van der Waals surface area contributed by atoms with E-state index in [2.05, 4.69) is 20.9 Å². The van der Waals surface area contributed by atoms with Crippen LogP contribution in [0.15, 0.2) is 80.1 Å². The number of ether oxygens (including phenoxy) is 1. The van der Waals surface area contributed by atoms with E-state index in [0.29, 0.717) is 20.6 Å². The number of benzene rings is 2. The highest BCUT2D eigenvalue weighted by atomic mass is 79.9. The van der Waals surface area contributed by atoms with Gasteiger partial charge < -0.3 is 4.74 Å². The number of nitrogens with zero attached hydrogens (tertiary/aromatic N) is 2. The number of carbonyl (C=O) groups is 1. The minimum Gasteiger partial charge on any atom is -0.466 e. The Kier molecular flexibility index (Phi) is 5.34. The van der Waals surface area contributed by atoms with E-state index < -0.39 is 12.0 Å². The monoisotopic (exact) mass is 468 g/mol. The number of hydrogen-bond donors (Lipinski definition) is 0. The zero-order chi connectivity index (χ0) is 20.5. The van der Waals surface area contributed by atoms with E-state index in [-0.39, 0.29) is 5.56 Å². The third-order valence-corrected chi connectivity index (χ3v) is 6.16. The number of hydrogen-bond acceptors (Lipinski definition) is 5. The second-order valence-electron chi connectivity index (χ2n) is 6.54. The molecular formula is C22H17BrN2O3S. The molecule has 0 saturated carbocycles. The van der Waals surface area contributed by atoms with Crippen molar-refractivity contribution < 1.29 is 9.53 Å². The molecule has 1 aliphatic heterocycles. The van der Waals surface area contributed by atoms with Gasteiger partial charge in [-0.25, -0.2) is 9.79 Å². The highest BCUT2D eigenvalue weighted by Crippen LogP contribution is 2.30. The molecule has 7 heteroatoms. The summed E-state index contributed by atoms with van der Waals surface area (Å²) in [6, 6.07) is 16.6. The van der Waals surface area contributed by atoms with Crippen LogP contribution in [0.2, 0.25) is 0 Å². The number of rotatable bonds is 3. The predicted octanol–water partition coefficient (Wildman–Crippen LogP) is 3.17. The van der Waals surface area contributed by atoms with Crippen molar-refractivity contribution in [1.82, 2.24) is 4.57 Å². The smallest absolute Gasteiger partial charge is 0.338 e. The SMILES string of the molecule is COC(=O)C1=C(C)N=c2sc(=Cc3cccc(Br)c3)c(=O)n2[C@@H]1c1ccccc1. The van der Waals surface area contributed by atoms with Gasteiger partial charge in [-0.2, -0.15) is 0 Å². The normalized spacial score (nSPS) is 16.4. The maximum atomic E-state index is 13.3. The molecule has 29 heavy (non-hydrogen) atoms. The van der Waals surface area contributed by atoms with Gasteiger partial charge in [0.05, 0.1) is 29.0 Å². The van der Waals surface area contributed by atoms with Crippen LogP contribution in [0.1, 0.15) is 24.1 Å². The fraction of sp³-hybridized carbons (Fsp3) is 0.136. The second-order valence-corrected chi connectivity index (χ2v) is 8.46. The van der Waals surface area contributed by atoms with Gasteiger partial charge in [-0.3, -0.25) is 9.36 Å². The molecule has 0 radical (unpaired) electrons. The third kappa shape index (κ3) is 3.63. The second kappa shape index (κ2) is 7.93. The molecule has 0 spiro atoms. The average molecular weight is 469 g/mol. The van der Waals surface area contributed by atoms with Crippen molar-refractivity contribution in [3.8, 4) is 0 Å². The Bertz CT molecular complexity index is 1310. The molecule has 0 unspecified atom stereocenters. The first kappa shape index (κ1) is 19.5. The summed E-state index contributed by atoms with van der Waals surface area (Å²) in [6.45, 7) is 1.77. The van der Waals surface area contributed by atoms with Gasteiger partial charge in [0.25, 0.3) is 5.56 Å². The molecule has 146 valence electrons. The van der Waals surface area contributed by atoms with Crippen LogP contribution in [0.5, 0.6) is 0 Å². The summed E-state index contributed by atoms with van der Waals surface area (Å²) in [7, 11) is 1.34. The van der Waals surface area contributed by atoms with Gasteiger partial charge in [0.15, 0.2) is 4.80 Å². The Labute approximate surface area is 179 Å². The lowest BCUT2D eigenvalue weighted by atomic mass is 9.96. The fourth-order valence-corrected chi connectivity index (χ4v) is 4.85. The van der Waals surface area contributed by atoms with Gasteiger partial charge in [0, 0.05) is 4.47 Å². The van der Waals surface area contributed by atoms with Crippen LogP contribution < -0.4 is 14.9 Å². The highest BCUT2D eigenvalue weighted by molar-refractivity contribution is 9.10. The van der Waals surface area contributed by atoms with Gasteiger partial charge in [0.1, 0.15) is 0 Å². The van der Waals surface area contributed by atoms with Gasteiger partial charge in [-0.05, 0) is 36.3 Å². The summed E-state index contributed by atoms with van der Waals surface area (Å²) in [4.78, 5) is 31.0. The number of methoxy groups -OCH3 is 1. The molecule has 0 amide bonds. The Morgan fingerprint density at radius 3 is 2.66 bits per heavy atom. The number of aromatic nitrogens is 1. The third-order valence-electron chi connectivity index (χ3n) is 4.69. The van der Waals surface area contributed by atoms with Crippen molar-refractivity contribution in [3.05, 3.63) is 101 Å². The Morgan fingerprint density at radius 1 is 1.21 bits per heavy atom. The van der Waals surface area contributed by atoms with E-state index in [9.17, 15) is 9.59 Å². The molecule has 5 nitrogen and oxygen atoms in total. The van der Waals surface area contributed by atoms with Crippen molar-refractivity contribution in [2.45, 2.75) is 13.0 Å². The van der Waals surface area contributed by atoms with E-state index in [1.54, 1.807) is 11.5 Å². The molecule has 1 aliphatic rings. The van der Waals surface area contributed by atoms with Crippen molar-refractivity contribution in [1.29, 1.82) is 0 Å².